The minimum absolute atomic E-state index is 0.0945. The number of nitrogens with one attached hydrogen (secondary N) is 1. The zero-order chi connectivity index (χ0) is 20.4. The second kappa shape index (κ2) is 7.89. The SMILES string of the molecule is Cc1ccc(-n2nc(C(=O)Nc3cccc(C)c3)nc2-c2ccc(Cl)cc2)cc1. The third kappa shape index (κ3) is 4.20. The molecule has 0 bridgehead atoms. The molecule has 3 aromatic carbocycles. The Balaban J connectivity index is 1.75. The van der Waals surface area contributed by atoms with E-state index in [4.69, 9.17) is 11.6 Å². The maximum atomic E-state index is 12.8. The summed E-state index contributed by atoms with van der Waals surface area (Å²) in [6, 6.07) is 22.8. The van der Waals surface area contributed by atoms with Crippen LogP contribution in [0.4, 0.5) is 5.69 Å². The van der Waals surface area contributed by atoms with Gasteiger partial charge in [-0.25, -0.2) is 9.67 Å². The highest BCUT2D eigenvalue weighted by Crippen LogP contribution is 2.23. The van der Waals surface area contributed by atoms with Gasteiger partial charge in [0, 0.05) is 16.3 Å². The fourth-order valence-corrected chi connectivity index (χ4v) is 3.10. The van der Waals surface area contributed by atoms with Crippen molar-refractivity contribution >= 4 is 23.2 Å². The first kappa shape index (κ1) is 18.9. The van der Waals surface area contributed by atoms with E-state index >= 15 is 0 Å². The van der Waals surface area contributed by atoms with Crippen LogP contribution in [0.2, 0.25) is 5.02 Å². The predicted octanol–water partition coefficient (Wildman–Crippen LogP) is 5.46. The number of rotatable bonds is 4. The first-order chi connectivity index (χ1) is 14.0. The number of nitrogens with zero attached hydrogens (tertiary/aromatic N) is 3. The van der Waals surface area contributed by atoms with Crippen molar-refractivity contribution < 1.29 is 4.79 Å². The molecular weight excluding hydrogens is 384 g/mol. The summed E-state index contributed by atoms with van der Waals surface area (Å²) < 4.78 is 1.67. The maximum absolute atomic E-state index is 12.8. The van der Waals surface area contributed by atoms with Gasteiger partial charge in [0.2, 0.25) is 5.82 Å². The fraction of sp³-hybridized carbons (Fsp3) is 0.0870. The minimum Gasteiger partial charge on any atom is -0.319 e. The number of hydrogen-bond donors (Lipinski definition) is 1. The Morgan fingerprint density at radius 1 is 0.931 bits per heavy atom. The second-order valence-corrected chi connectivity index (χ2v) is 7.27. The molecule has 4 rings (SSSR count). The number of hydrogen-bond acceptors (Lipinski definition) is 3. The number of benzene rings is 3. The van der Waals surface area contributed by atoms with Gasteiger partial charge in [-0.3, -0.25) is 4.79 Å². The number of halogens is 1. The van der Waals surface area contributed by atoms with Crippen LogP contribution in [0.1, 0.15) is 21.7 Å². The number of amides is 1. The molecular formula is C23H19ClN4O. The zero-order valence-electron chi connectivity index (χ0n) is 16.1. The molecule has 1 heterocycles. The van der Waals surface area contributed by atoms with Gasteiger partial charge in [0.1, 0.15) is 0 Å². The Bertz CT molecular complexity index is 1100. The molecule has 0 saturated heterocycles. The van der Waals surface area contributed by atoms with Crippen LogP contribution in [-0.2, 0) is 0 Å². The topological polar surface area (TPSA) is 59.8 Å². The molecule has 0 atom stereocenters. The number of carbonyl (C=O) groups is 1. The van der Waals surface area contributed by atoms with E-state index in [1.807, 2.05) is 74.5 Å². The first-order valence-electron chi connectivity index (χ1n) is 9.18. The van der Waals surface area contributed by atoms with Crippen molar-refractivity contribution in [1.82, 2.24) is 14.8 Å². The predicted molar refractivity (Wildman–Crippen MR) is 116 cm³/mol. The van der Waals surface area contributed by atoms with E-state index in [0.717, 1.165) is 22.4 Å². The lowest BCUT2D eigenvalue weighted by molar-refractivity contribution is 0.101. The molecule has 0 aliphatic heterocycles. The van der Waals surface area contributed by atoms with Gasteiger partial charge in [0.25, 0.3) is 5.91 Å². The smallest absolute Gasteiger partial charge is 0.295 e. The normalized spacial score (nSPS) is 10.7. The van der Waals surface area contributed by atoms with Crippen molar-refractivity contribution in [3.05, 3.63) is 94.8 Å². The molecule has 1 aromatic heterocycles. The Morgan fingerprint density at radius 2 is 1.66 bits per heavy atom. The molecule has 1 N–H and O–H groups in total. The molecule has 29 heavy (non-hydrogen) atoms. The fourth-order valence-electron chi connectivity index (χ4n) is 2.97. The Labute approximate surface area is 174 Å². The van der Waals surface area contributed by atoms with E-state index in [2.05, 4.69) is 15.4 Å². The molecule has 0 spiro atoms. The second-order valence-electron chi connectivity index (χ2n) is 6.84. The largest absolute Gasteiger partial charge is 0.319 e. The summed E-state index contributed by atoms with van der Waals surface area (Å²) >= 11 is 6.03. The van der Waals surface area contributed by atoms with Gasteiger partial charge in [0.15, 0.2) is 5.82 Å². The van der Waals surface area contributed by atoms with Crippen molar-refractivity contribution in [1.29, 1.82) is 0 Å². The van der Waals surface area contributed by atoms with E-state index in [-0.39, 0.29) is 11.7 Å². The third-order valence-electron chi connectivity index (χ3n) is 4.47. The van der Waals surface area contributed by atoms with Crippen LogP contribution in [0, 0.1) is 13.8 Å². The molecule has 0 saturated carbocycles. The van der Waals surface area contributed by atoms with Gasteiger partial charge in [0.05, 0.1) is 5.69 Å². The Hall–Kier alpha value is -3.44. The van der Waals surface area contributed by atoms with E-state index in [1.54, 1.807) is 16.8 Å². The highest BCUT2D eigenvalue weighted by molar-refractivity contribution is 6.30. The van der Waals surface area contributed by atoms with E-state index in [9.17, 15) is 4.79 Å². The quantitative estimate of drug-likeness (QED) is 0.493. The number of aryl methyl sites for hydroxylation is 2. The lowest BCUT2D eigenvalue weighted by Gasteiger charge is -2.06. The van der Waals surface area contributed by atoms with Gasteiger partial charge in [-0.15, -0.1) is 5.10 Å². The van der Waals surface area contributed by atoms with Crippen LogP contribution in [-0.4, -0.2) is 20.7 Å². The molecule has 5 nitrogen and oxygen atoms in total. The van der Waals surface area contributed by atoms with Crippen LogP contribution in [0.25, 0.3) is 17.1 Å². The van der Waals surface area contributed by atoms with Crippen molar-refractivity contribution in [2.75, 3.05) is 5.32 Å². The van der Waals surface area contributed by atoms with E-state index in [0.29, 0.717) is 16.5 Å². The summed E-state index contributed by atoms with van der Waals surface area (Å²) in [5.74, 6) is 0.300. The van der Waals surface area contributed by atoms with Gasteiger partial charge < -0.3 is 5.32 Å². The average Bonchev–Trinajstić information content (AvgIpc) is 3.15. The monoisotopic (exact) mass is 402 g/mol. The summed E-state index contributed by atoms with van der Waals surface area (Å²) in [6.45, 7) is 3.99. The summed E-state index contributed by atoms with van der Waals surface area (Å²) in [5, 5.41) is 7.98. The molecule has 0 unspecified atom stereocenters. The third-order valence-corrected chi connectivity index (χ3v) is 4.72. The molecule has 6 heteroatoms. The number of anilines is 1. The van der Waals surface area contributed by atoms with Crippen LogP contribution in [0.3, 0.4) is 0 Å². The Kier molecular flexibility index (Phi) is 5.14. The average molecular weight is 403 g/mol. The molecule has 0 aliphatic carbocycles. The van der Waals surface area contributed by atoms with Crippen LogP contribution in [0.5, 0.6) is 0 Å². The standard InChI is InChI=1S/C23H19ClN4O/c1-15-6-12-20(13-7-15)28-22(17-8-10-18(24)11-9-17)26-21(27-28)23(29)25-19-5-3-4-16(2)14-19/h3-14H,1-2H3,(H,25,29). The summed E-state index contributed by atoms with van der Waals surface area (Å²) in [4.78, 5) is 17.3. The lowest BCUT2D eigenvalue weighted by Crippen LogP contribution is -2.14. The molecule has 0 aliphatic rings. The van der Waals surface area contributed by atoms with Gasteiger partial charge in [-0.05, 0) is 67.9 Å². The van der Waals surface area contributed by atoms with E-state index < -0.39 is 0 Å². The molecule has 0 radical (unpaired) electrons. The maximum Gasteiger partial charge on any atom is 0.295 e. The van der Waals surface area contributed by atoms with Crippen LogP contribution < -0.4 is 5.32 Å². The minimum atomic E-state index is -0.364. The highest BCUT2D eigenvalue weighted by atomic mass is 35.5. The van der Waals surface area contributed by atoms with Crippen molar-refractivity contribution in [3.8, 4) is 17.1 Å². The number of aromatic nitrogens is 3. The molecule has 4 aromatic rings. The van der Waals surface area contributed by atoms with Crippen LogP contribution >= 0.6 is 11.6 Å². The first-order valence-corrected chi connectivity index (χ1v) is 9.55. The van der Waals surface area contributed by atoms with Crippen molar-refractivity contribution in [3.63, 3.8) is 0 Å². The summed E-state index contributed by atoms with van der Waals surface area (Å²) in [7, 11) is 0. The van der Waals surface area contributed by atoms with Gasteiger partial charge in [-0.1, -0.05) is 41.4 Å². The molecule has 0 fully saturated rings. The lowest BCUT2D eigenvalue weighted by atomic mass is 10.2. The van der Waals surface area contributed by atoms with Gasteiger partial charge in [-0.2, -0.15) is 0 Å². The van der Waals surface area contributed by atoms with Crippen LogP contribution in [0.15, 0.2) is 72.8 Å². The van der Waals surface area contributed by atoms with Gasteiger partial charge >= 0.3 is 0 Å². The molecule has 1 amide bonds. The Morgan fingerprint density at radius 3 is 2.34 bits per heavy atom. The number of carbonyl (C=O) groups excluding carboxylic acids is 1. The summed E-state index contributed by atoms with van der Waals surface area (Å²) in [6.07, 6.45) is 0. The van der Waals surface area contributed by atoms with Crippen molar-refractivity contribution in [2.24, 2.45) is 0 Å². The van der Waals surface area contributed by atoms with Crippen molar-refractivity contribution in [2.45, 2.75) is 13.8 Å². The zero-order valence-corrected chi connectivity index (χ0v) is 16.8. The molecule has 144 valence electrons. The highest BCUT2D eigenvalue weighted by Gasteiger charge is 2.19. The summed E-state index contributed by atoms with van der Waals surface area (Å²) in [5.41, 5.74) is 4.54. The van der Waals surface area contributed by atoms with E-state index in [1.165, 1.54) is 0 Å².